The van der Waals surface area contributed by atoms with Crippen LogP contribution >= 0.6 is 12.2 Å². The minimum absolute atomic E-state index is 0.0327. The quantitative estimate of drug-likeness (QED) is 0.229. The molecule has 186 valence electrons. The Hall–Kier alpha value is -2.45. The van der Waals surface area contributed by atoms with Crippen LogP contribution in [-0.4, -0.2) is 63.7 Å². The zero-order valence-corrected chi connectivity index (χ0v) is 18.9. The van der Waals surface area contributed by atoms with Crippen LogP contribution in [0.4, 0.5) is 13.2 Å². The van der Waals surface area contributed by atoms with Crippen LogP contribution in [0.15, 0.2) is 15.8 Å². The number of nitrogens with zero attached hydrogens (tertiary/aromatic N) is 1. The average Bonchev–Trinajstić information content (AvgIpc) is 3.14. The van der Waals surface area contributed by atoms with Gasteiger partial charge in [0, 0.05) is 31.3 Å². The van der Waals surface area contributed by atoms with Crippen molar-refractivity contribution in [1.29, 1.82) is 0 Å². The maximum atomic E-state index is 12.1. The van der Waals surface area contributed by atoms with Crippen LogP contribution in [0, 0.1) is 6.92 Å². The fourth-order valence-corrected chi connectivity index (χ4v) is 3.60. The monoisotopic (exact) mass is 495 g/mol. The lowest BCUT2D eigenvalue weighted by Crippen LogP contribution is -2.46. The number of thiocarbonyl (C=S) groups is 1. The number of carbonyl (C=O) groups is 1. The number of aromatic nitrogens is 2. The summed E-state index contributed by atoms with van der Waals surface area (Å²) in [6.45, 7) is 1.77. The molecule has 0 bridgehead atoms. The molecular weight excluding hydrogens is 467 g/mol. The first kappa shape index (κ1) is 26.8. The Balaban J connectivity index is 1.69. The van der Waals surface area contributed by atoms with Crippen LogP contribution in [0.25, 0.3) is 0 Å². The van der Waals surface area contributed by atoms with E-state index in [0.717, 1.165) is 6.42 Å². The van der Waals surface area contributed by atoms with E-state index in [-0.39, 0.29) is 19.2 Å². The van der Waals surface area contributed by atoms with Gasteiger partial charge in [0.05, 0.1) is 12.6 Å². The average molecular weight is 496 g/mol. The van der Waals surface area contributed by atoms with Crippen LogP contribution < -0.4 is 27.2 Å². The van der Waals surface area contributed by atoms with Crippen molar-refractivity contribution >= 4 is 23.2 Å². The Morgan fingerprint density at radius 2 is 1.88 bits per heavy atom. The zero-order chi connectivity index (χ0) is 24.6. The van der Waals surface area contributed by atoms with Gasteiger partial charge in [-0.3, -0.25) is 19.1 Å². The Kier molecular flexibility index (Phi) is 9.86. The third kappa shape index (κ3) is 8.12. The second kappa shape index (κ2) is 12.1. The Morgan fingerprint density at radius 3 is 2.48 bits per heavy atom. The number of ether oxygens (including phenoxy) is 1. The maximum absolute atomic E-state index is 12.1. The molecule has 0 saturated carbocycles. The molecular formula is C19H28F3N5O5S. The fraction of sp³-hybridized carbons (Fsp3) is 0.684. The van der Waals surface area contributed by atoms with Gasteiger partial charge < -0.3 is 25.8 Å². The molecule has 3 atom stereocenters. The number of hydrogen-bond donors (Lipinski definition) is 5. The van der Waals surface area contributed by atoms with E-state index < -0.39 is 35.7 Å². The van der Waals surface area contributed by atoms with Crippen molar-refractivity contribution in [3.05, 3.63) is 32.6 Å². The molecule has 0 spiro atoms. The van der Waals surface area contributed by atoms with Crippen molar-refractivity contribution in [2.45, 2.75) is 63.6 Å². The zero-order valence-electron chi connectivity index (χ0n) is 18.0. The molecule has 10 nitrogen and oxygen atoms in total. The normalized spacial score (nSPS) is 20.5. The second-order valence-electron chi connectivity index (χ2n) is 7.70. The SMILES string of the molecule is Cc1cn([C@H]2C[C@H](NC(=S)NCCCCCCNC(=O)C(F)(F)F)[C@@H](CO)O2)c(=O)[nH]c1=O. The van der Waals surface area contributed by atoms with Crippen molar-refractivity contribution in [2.24, 2.45) is 0 Å². The number of carbonyl (C=O) groups excluding carboxylic acids is 1. The molecule has 0 aromatic carbocycles. The molecule has 2 heterocycles. The van der Waals surface area contributed by atoms with Gasteiger partial charge in [0.25, 0.3) is 5.56 Å². The molecule has 0 radical (unpaired) electrons. The summed E-state index contributed by atoms with van der Waals surface area (Å²) in [4.78, 5) is 36.5. The lowest BCUT2D eigenvalue weighted by molar-refractivity contribution is -0.173. The summed E-state index contributed by atoms with van der Waals surface area (Å²) >= 11 is 5.26. The highest BCUT2D eigenvalue weighted by Gasteiger charge is 2.38. The molecule has 1 aromatic heterocycles. The number of alkyl halides is 3. The van der Waals surface area contributed by atoms with Crippen LogP contribution in [0.3, 0.4) is 0 Å². The molecule has 1 aliphatic rings. The number of unbranched alkanes of at least 4 members (excludes halogenated alkanes) is 3. The summed E-state index contributed by atoms with van der Waals surface area (Å²) < 4.78 is 43.2. The van der Waals surface area contributed by atoms with Gasteiger partial charge in [-0.15, -0.1) is 0 Å². The van der Waals surface area contributed by atoms with Gasteiger partial charge in [0.2, 0.25) is 0 Å². The van der Waals surface area contributed by atoms with Crippen molar-refractivity contribution in [1.82, 2.24) is 25.5 Å². The second-order valence-corrected chi connectivity index (χ2v) is 8.11. The number of amides is 1. The third-order valence-electron chi connectivity index (χ3n) is 5.12. The number of H-pyrrole nitrogens is 1. The summed E-state index contributed by atoms with van der Waals surface area (Å²) in [6.07, 6.45) is -1.86. The first-order chi connectivity index (χ1) is 15.5. The van der Waals surface area contributed by atoms with Crippen molar-refractivity contribution in [3.63, 3.8) is 0 Å². The Labute approximate surface area is 192 Å². The lowest BCUT2D eigenvalue weighted by atomic mass is 10.1. The number of nitrogens with one attached hydrogen (secondary N) is 4. The predicted octanol–water partition coefficient (Wildman–Crippen LogP) is 0.196. The van der Waals surface area contributed by atoms with E-state index in [1.54, 1.807) is 6.92 Å². The maximum Gasteiger partial charge on any atom is 0.471 e. The third-order valence-corrected chi connectivity index (χ3v) is 5.38. The van der Waals surface area contributed by atoms with E-state index in [4.69, 9.17) is 17.0 Å². The van der Waals surface area contributed by atoms with E-state index in [0.29, 0.717) is 42.9 Å². The standard InChI is InChI=1S/C19H28F3N5O5S/c1-11-9-27(18(31)26-15(11)29)14-8-12(13(10-28)32-14)25-17(33)24-7-5-3-2-4-6-23-16(30)19(20,21)22/h9,12-14,28H,2-8,10H2,1H3,(H,23,30)(H2,24,25,33)(H,26,29,31)/t12-,13+,14+/m0/s1. The van der Waals surface area contributed by atoms with Crippen molar-refractivity contribution in [2.75, 3.05) is 19.7 Å². The minimum Gasteiger partial charge on any atom is -0.394 e. The van der Waals surface area contributed by atoms with Gasteiger partial charge in [-0.2, -0.15) is 13.2 Å². The number of aromatic amines is 1. The summed E-state index contributed by atoms with van der Waals surface area (Å²) in [5, 5.41) is 17.8. The predicted molar refractivity (Wildman–Crippen MR) is 117 cm³/mol. The van der Waals surface area contributed by atoms with Gasteiger partial charge >= 0.3 is 17.8 Å². The van der Waals surface area contributed by atoms with Crippen LogP contribution in [0.1, 0.15) is 43.9 Å². The van der Waals surface area contributed by atoms with E-state index in [1.165, 1.54) is 10.8 Å². The van der Waals surface area contributed by atoms with Gasteiger partial charge in [0.15, 0.2) is 5.11 Å². The highest BCUT2D eigenvalue weighted by Crippen LogP contribution is 2.27. The van der Waals surface area contributed by atoms with Crippen molar-refractivity contribution in [3.8, 4) is 0 Å². The Bertz CT molecular complexity index is 936. The molecule has 1 saturated heterocycles. The molecule has 0 aliphatic carbocycles. The van der Waals surface area contributed by atoms with Gasteiger partial charge in [-0.05, 0) is 32.0 Å². The van der Waals surface area contributed by atoms with Crippen LogP contribution in [-0.2, 0) is 9.53 Å². The first-order valence-electron chi connectivity index (χ1n) is 10.5. The topological polar surface area (TPSA) is 137 Å². The molecule has 1 aliphatic heterocycles. The van der Waals surface area contributed by atoms with Crippen LogP contribution in [0.2, 0.25) is 0 Å². The van der Waals surface area contributed by atoms with E-state index in [9.17, 15) is 32.7 Å². The number of hydrogen-bond acceptors (Lipinski definition) is 6. The summed E-state index contributed by atoms with van der Waals surface area (Å²) in [5.74, 6) is -1.93. The smallest absolute Gasteiger partial charge is 0.394 e. The highest BCUT2D eigenvalue weighted by molar-refractivity contribution is 7.80. The van der Waals surface area contributed by atoms with E-state index >= 15 is 0 Å². The Morgan fingerprint density at radius 1 is 1.24 bits per heavy atom. The fourth-order valence-electron chi connectivity index (χ4n) is 3.35. The molecule has 33 heavy (non-hydrogen) atoms. The molecule has 1 fully saturated rings. The number of aliphatic hydroxyl groups excluding tert-OH is 1. The number of rotatable bonds is 10. The molecule has 1 aromatic rings. The first-order valence-corrected chi connectivity index (χ1v) is 10.9. The summed E-state index contributed by atoms with van der Waals surface area (Å²) in [5.41, 5.74) is -0.722. The lowest BCUT2D eigenvalue weighted by Gasteiger charge is -2.19. The highest BCUT2D eigenvalue weighted by atomic mass is 32.1. The number of aryl methyl sites for hydroxylation is 1. The number of halogens is 3. The van der Waals surface area contributed by atoms with Gasteiger partial charge in [0.1, 0.15) is 12.3 Å². The minimum atomic E-state index is -4.86. The summed E-state index contributed by atoms with van der Waals surface area (Å²) in [6, 6.07) is -0.364. The largest absolute Gasteiger partial charge is 0.471 e. The molecule has 14 heteroatoms. The molecule has 1 amide bonds. The number of aliphatic hydroxyl groups is 1. The molecule has 2 rings (SSSR count). The van der Waals surface area contributed by atoms with Crippen LogP contribution in [0.5, 0.6) is 0 Å². The van der Waals surface area contributed by atoms with Gasteiger partial charge in [-0.1, -0.05) is 12.8 Å². The summed E-state index contributed by atoms with van der Waals surface area (Å²) in [7, 11) is 0. The van der Waals surface area contributed by atoms with E-state index in [2.05, 4.69) is 15.6 Å². The van der Waals surface area contributed by atoms with Gasteiger partial charge in [-0.25, -0.2) is 4.79 Å². The van der Waals surface area contributed by atoms with E-state index in [1.807, 2.05) is 5.32 Å². The van der Waals surface area contributed by atoms with Crippen molar-refractivity contribution < 1.29 is 27.8 Å². The molecule has 0 unspecified atom stereocenters. The molecule has 5 N–H and O–H groups in total.